The highest BCUT2D eigenvalue weighted by molar-refractivity contribution is 5.46. The lowest BCUT2D eigenvalue weighted by Gasteiger charge is -2.25. The van der Waals surface area contributed by atoms with Crippen molar-refractivity contribution in [3.63, 3.8) is 0 Å². The second-order valence-corrected chi connectivity index (χ2v) is 4.85. The van der Waals surface area contributed by atoms with Crippen molar-refractivity contribution >= 4 is 5.69 Å². The molecule has 1 fully saturated rings. The summed E-state index contributed by atoms with van der Waals surface area (Å²) in [5.74, 6) is 0. The minimum absolute atomic E-state index is 0.221. The number of benzene rings is 1. The molecule has 20 heavy (non-hydrogen) atoms. The minimum atomic E-state index is 0.221. The number of hydrogen-bond acceptors (Lipinski definition) is 4. The fourth-order valence-corrected chi connectivity index (χ4v) is 2.49. The highest BCUT2D eigenvalue weighted by Gasteiger charge is 2.17. The average Bonchev–Trinajstić information content (AvgIpc) is 2.75. The van der Waals surface area contributed by atoms with E-state index in [4.69, 9.17) is 10.5 Å². The fourth-order valence-electron chi connectivity index (χ4n) is 2.49. The zero-order chi connectivity index (χ0) is 14.4. The molecule has 0 unspecified atom stereocenters. The first-order chi connectivity index (χ1) is 9.76. The molecule has 102 valence electrons. The number of anilines is 1. The number of nitriles is 2. The van der Waals surface area contributed by atoms with Gasteiger partial charge in [0, 0.05) is 37.6 Å². The van der Waals surface area contributed by atoms with Gasteiger partial charge < -0.3 is 9.80 Å². The molecule has 1 saturated heterocycles. The Kier molecular flexibility index (Phi) is 4.63. The van der Waals surface area contributed by atoms with E-state index in [1.807, 2.05) is 37.3 Å². The zero-order valence-corrected chi connectivity index (χ0v) is 11.7. The molecule has 0 amide bonds. The van der Waals surface area contributed by atoms with E-state index >= 15 is 0 Å². The van der Waals surface area contributed by atoms with E-state index in [0.717, 1.165) is 38.3 Å². The summed E-state index contributed by atoms with van der Waals surface area (Å²) in [4.78, 5) is 4.50. The van der Waals surface area contributed by atoms with Crippen LogP contribution in [0, 0.1) is 22.7 Å². The molecule has 0 bridgehead atoms. The number of nitrogens with zero attached hydrogens (tertiary/aromatic N) is 4. The molecular formula is C16H18N4. The van der Waals surface area contributed by atoms with Crippen LogP contribution in [0.25, 0.3) is 0 Å². The van der Waals surface area contributed by atoms with Crippen molar-refractivity contribution in [2.24, 2.45) is 0 Å². The van der Waals surface area contributed by atoms with E-state index in [2.05, 4.69) is 21.9 Å². The predicted octanol–water partition coefficient (Wildman–Crippen LogP) is 2.52. The van der Waals surface area contributed by atoms with Crippen molar-refractivity contribution < 1.29 is 0 Å². The van der Waals surface area contributed by atoms with Crippen LogP contribution >= 0.6 is 0 Å². The first kappa shape index (κ1) is 14.0. The maximum Gasteiger partial charge on any atom is 0.148 e. The lowest BCUT2D eigenvalue weighted by molar-refractivity contribution is 0.368. The van der Waals surface area contributed by atoms with Crippen LogP contribution < -0.4 is 4.90 Å². The van der Waals surface area contributed by atoms with Crippen molar-refractivity contribution in [3.8, 4) is 12.1 Å². The molecule has 1 aliphatic rings. The van der Waals surface area contributed by atoms with Gasteiger partial charge in [-0.3, -0.25) is 0 Å². The standard InChI is InChI=1S/C16H18N4/c1-14(15(12-17)13-18)19-8-5-9-20(11-10-19)16-6-3-2-4-7-16/h2-4,6-7H,5,8-11H2,1H3. The van der Waals surface area contributed by atoms with Crippen molar-refractivity contribution in [1.82, 2.24) is 4.90 Å². The Bertz CT molecular complexity index is 546. The first-order valence-corrected chi connectivity index (χ1v) is 6.82. The van der Waals surface area contributed by atoms with E-state index in [1.165, 1.54) is 5.69 Å². The molecule has 1 aliphatic heterocycles. The SMILES string of the molecule is CC(=C(C#N)C#N)N1CCCN(c2ccccc2)CC1. The third-order valence-electron chi connectivity index (χ3n) is 3.68. The Morgan fingerprint density at radius 3 is 2.35 bits per heavy atom. The van der Waals surface area contributed by atoms with Crippen LogP contribution in [0.2, 0.25) is 0 Å². The Morgan fingerprint density at radius 2 is 1.70 bits per heavy atom. The van der Waals surface area contributed by atoms with Gasteiger partial charge in [-0.15, -0.1) is 0 Å². The maximum atomic E-state index is 8.96. The van der Waals surface area contributed by atoms with E-state index in [-0.39, 0.29) is 5.57 Å². The molecule has 0 radical (unpaired) electrons. The normalized spacial score (nSPS) is 14.9. The molecule has 0 spiro atoms. The van der Waals surface area contributed by atoms with E-state index < -0.39 is 0 Å². The quantitative estimate of drug-likeness (QED) is 0.772. The zero-order valence-electron chi connectivity index (χ0n) is 11.7. The number of para-hydroxylation sites is 1. The van der Waals surface area contributed by atoms with Gasteiger partial charge in [0.15, 0.2) is 0 Å². The molecule has 4 nitrogen and oxygen atoms in total. The summed E-state index contributed by atoms with van der Waals surface area (Å²) in [6.45, 7) is 5.50. The molecule has 0 N–H and O–H groups in total. The highest BCUT2D eigenvalue weighted by atomic mass is 15.2. The molecule has 0 atom stereocenters. The summed E-state index contributed by atoms with van der Waals surface area (Å²) in [7, 11) is 0. The van der Waals surface area contributed by atoms with Gasteiger partial charge in [-0.2, -0.15) is 10.5 Å². The first-order valence-electron chi connectivity index (χ1n) is 6.82. The summed E-state index contributed by atoms with van der Waals surface area (Å²) in [5, 5.41) is 17.9. The summed E-state index contributed by atoms with van der Waals surface area (Å²) >= 11 is 0. The molecule has 1 heterocycles. The van der Waals surface area contributed by atoms with Crippen molar-refractivity contribution in [3.05, 3.63) is 41.6 Å². The summed E-state index contributed by atoms with van der Waals surface area (Å²) in [6.07, 6.45) is 1.02. The van der Waals surface area contributed by atoms with Crippen molar-refractivity contribution in [2.45, 2.75) is 13.3 Å². The van der Waals surface area contributed by atoms with Crippen molar-refractivity contribution in [2.75, 3.05) is 31.1 Å². The summed E-state index contributed by atoms with van der Waals surface area (Å²) in [6, 6.07) is 14.3. The van der Waals surface area contributed by atoms with Gasteiger partial charge in [-0.05, 0) is 25.5 Å². The topological polar surface area (TPSA) is 54.1 Å². The minimum Gasteiger partial charge on any atom is -0.372 e. The van der Waals surface area contributed by atoms with Crippen LogP contribution in [0.5, 0.6) is 0 Å². The predicted molar refractivity (Wildman–Crippen MR) is 78.8 cm³/mol. The Balaban J connectivity index is 2.09. The highest BCUT2D eigenvalue weighted by Crippen LogP contribution is 2.18. The molecule has 0 aliphatic carbocycles. The van der Waals surface area contributed by atoms with Gasteiger partial charge in [0.2, 0.25) is 0 Å². The second kappa shape index (κ2) is 6.63. The third-order valence-corrected chi connectivity index (χ3v) is 3.68. The smallest absolute Gasteiger partial charge is 0.148 e. The average molecular weight is 266 g/mol. The third kappa shape index (κ3) is 3.10. The number of rotatable bonds is 2. The van der Waals surface area contributed by atoms with Crippen LogP contribution in [-0.2, 0) is 0 Å². The molecular weight excluding hydrogens is 248 g/mol. The van der Waals surface area contributed by atoms with E-state index in [0.29, 0.717) is 0 Å². The number of hydrogen-bond donors (Lipinski definition) is 0. The molecule has 4 heteroatoms. The number of allylic oxidation sites excluding steroid dienone is 2. The summed E-state index contributed by atoms with van der Waals surface area (Å²) < 4.78 is 0. The van der Waals surface area contributed by atoms with E-state index in [1.54, 1.807) is 0 Å². The largest absolute Gasteiger partial charge is 0.372 e. The van der Waals surface area contributed by atoms with Gasteiger partial charge >= 0.3 is 0 Å². The van der Waals surface area contributed by atoms with Crippen LogP contribution in [0.4, 0.5) is 5.69 Å². The fraction of sp³-hybridized carbons (Fsp3) is 0.375. The van der Waals surface area contributed by atoms with Gasteiger partial charge in [-0.1, -0.05) is 18.2 Å². The van der Waals surface area contributed by atoms with Crippen LogP contribution in [0.3, 0.4) is 0 Å². The Labute approximate surface area is 120 Å². The molecule has 0 saturated carbocycles. The van der Waals surface area contributed by atoms with Gasteiger partial charge in [0.1, 0.15) is 17.7 Å². The molecule has 1 aromatic rings. The summed E-state index contributed by atoms with van der Waals surface area (Å²) in [5.41, 5.74) is 2.25. The Hall–Kier alpha value is -2.46. The van der Waals surface area contributed by atoms with Gasteiger partial charge in [-0.25, -0.2) is 0 Å². The maximum absolute atomic E-state index is 8.96. The monoisotopic (exact) mass is 266 g/mol. The van der Waals surface area contributed by atoms with Crippen molar-refractivity contribution in [1.29, 1.82) is 10.5 Å². The van der Waals surface area contributed by atoms with Gasteiger partial charge in [0.05, 0.1) is 0 Å². The van der Waals surface area contributed by atoms with Crippen LogP contribution in [-0.4, -0.2) is 31.1 Å². The van der Waals surface area contributed by atoms with Crippen LogP contribution in [0.15, 0.2) is 41.6 Å². The molecule has 2 rings (SSSR count). The lowest BCUT2D eigenvalue weighted by Crippen LogP contribution is -2.30. The lowest BCUT2D eigenvalue weighted by atomic mass is 10.2. The van der Waals surface area contributed by atoms with Gasteiger partial charge in [0.25, 0.3) is 0 Å². The molecule has 1 aromatic carbocycles. The second-order valence-electron chi connectivity index (χ2n) is 4.85. The van der Waals surface area contributed by atoms with Crippen LogP contribution in [0.1, 0.15) is 13.3 Å². The van der Waals surface area contributed by atoms with E-state index in [9.17, 15) is 0 Å². The Morgan fingerprint density at radius 1 is 1.00 bits per heavy atom. The molecule has 0 aromatic heterocycles.